The van der Waals surface area contributed by atoms with E-state index in [4.69, 9.17) is 9.72 Å². The molecule has 0 saturated carbocycles. The van der Waals surface area contributed by atoms with Crippen LogP contribution in [0.3, 0.4) is 0 Å². The van der Waals surface area contributed by atoms with E-state index in [1.54, 1.807) is 18.4 Å². The Morgan fingerprint density at radius 1 is 1.00 bits per heavy atom. The summed E-state index contributed by atoms with van der Waals surface area (Å²) in [7, 11) is 1.71. The lowest BCUT2D eigenvalue weighted by Gasteiger charge is -2.36. The maximum absolute atomic E-state index is 5.33. The standard InChI is InChI=1S/C19H21N3OS/c1-14-6-7-17-18(12-14)24-19(20-17)22-10-8-21(9-11-22)15-4-3-5-16(13-15)23-2/h3-7,12-13H,8-11H2,1-2H3. The average molecular weight is 339 g/mol. The fourth-order valence-corrected chi connectivity index (χ4v) is 4.23. The van der Waals surface area contributed by atoms with Crippen molar-refractivity contribution in [3.63, 3.8) is 0 Å². The van der Waals surface area contributed by atoms with E-state index in [1.165, 1.54) is 16.0 Å². The predicted octanol–water partition coefficient (Wildman–Crippen LogP) is 3.94. The van der Waals surface area contributed by atoms with Gasteiger partial charge >= 0.3 is 0 Å². The molecule has 1 aliphatic rings. The van der Waals surface area contributed by atoms with Gasteiger partial charge < -0.3 is 14.5 Å². The number of fused-ring (bicyclic) bond motifs is 1. The molecular formula is C19H21N3OS. The number of rotatable bonds is 3. The van der Waals surface area contributed by atoms with Gasteiger partial charge in [0.1, 0.15) is 5.75 Å². The monoisotopic (exact) mass is 339 g/mol. The fraction of sp³-hybridized carbons (Fsp3) is 0.316. The molecule has 0 bridgehead atoms. The molecule has 0 spiro atoms. The molecule has 0 aliphatic carbocycles. The van der Waals surface area contributed by atoms with E-state index in [0.717, 1.165) is 42.6 Å². The van der Waals surface area contributed by atoms with Crippen LogP contribution in [0.1, 0.15) is 5.56 Å². The van der Waals surface area contributed by atoms with Gasteiger partial charge in [0.15, 0.2) is 5.13 Å². The number of hydrogen-bond acceptors (Lipinski definition) is 5. The normalized spacial score (nSPS) is 15.1. The zero-order valence-electron chi connectivity index (χ0n) is 14.0. The van der Waals surface area contributed by atoms with Crippen LogP contribution in [0.25, 0.3) is 10.2 Å². The van der Waals surface area contributed by atoms with Crippen LogP contribution in [0.15, 0.2) is 42.5 Å². The average Bonchev–Trinajstić information content (AvgIpc) is 3.05. The Labute approximate surface area is 146 Å². The van der Waals surface area contributed by atoms with Crippen LogP contribution in [0.4, 0.5) is 10.8 Å². The van der Waals surface area contributed by atoms with E-state index >= 15 is 0 Å². The molecule has 0 N–H and O–H groups in total. The summed E-state index contributed by atoms with van der Waals surface area (Å²) in [5.41, 5.74) is 3.63. The third-order valence-corrected chi connectivity index (χ3v) is 5.58. The highest BCUT2D eigenvalue weighted by Gasteiger charge is 2.20. The van der Waals surface area contributed by atoms with E-state index in [9.17, 15) is 0 Å². The van der Waals surface area contributed by atoms with Crippen LogP contribution in [0, 0.1) is 6.92 Å². The highest BCUT2D eigenvalue weighted by Crippen LogP contribution is 2.31. The number of thiazole rings is 1. The number of aromatic nitrogens is 1. The van der Waals surface area contributed by atoms with Gasteiger partial charge in [-0.05, 0) is 36.8 Å². The first kappa shape index (κ1) is 15.3. The first-order valence-electron chi connectivity index (χ1n) is 8.24. The van der Waals surface area contributed by atoms with Crippen LogP contribution in [0.5, 0.6) is 5.75 Å². The molecular weight excluding hydrogens is 318 g/mol. The molecule has 0 amide bonds. The first-order chi connectivity index (χ1) is 11.7. The Kier molecular flexibility index (Phi) is 4.02. The van der Waals surface area contributed by atoms with Gasteiger partial charge in [-0.2, -0.15) is 0 Å². The van der Waals surface area contributed by atoms with Gasteiger partial charge in [0.05, 0.1) is 17.3 Å². The van der Waals surface area contributed by atoms with E-state index in [1.807, 2.05) is 6.07 Å². The number of aryl methyl sites for hydroxylation is 1. The zero-order chi connectivity index (χ0) is 16.5. The summed E-state index contributed by atoms with van der Waals surface area (Å²) in [5.74, 6) is 0.913. The molecule has 24 heavy (non-hydrogen) atoms. The molecule has 4 nitrogen and oxygen atoms in total. The number of methoxy groups -OCH3 is 1. The second-order valence-corrected chi connectivity index (χ2v) is 7.15. The van der Waals surface area contributed by atoms with Crippen LogP contribution < -0.4 is 14.5 Å². The molecule has 1 saturated heterocycles. The van der Waals surface area contributed by atoms with Crippen LogP contribution in [-0.4, -0.2) is 38.3 Å². The Morgan fingerprint density at radius 3 is 2.58 bits per heavy atom. The zero-order valence-corrected chi connectivity index (χ0v) is 14.8. The lowest BCUT2D eigenvalue weighted by molar-refractivity contribution is 0.414. The van der Waals surface area contributed by atoms with Gasteiger partial charge in [0.25, 0.3) is 0 Å². The number of piperazine rings is 1. The molecule has 3 aromatic rings. The fourth-order valence-electron chi connectivity index (χ4n) is 3.12. The minimum Gasteiger partial charge on any atom is -0.497 e. The van der Waals surface area contributed by atoms with Gasteiger partial charge in [-0.1, -0.05) is 23.5 Å². The summed E-state index contributed by atoms with van der Waals surface area (Å²) < 4.78 is 6.61. The number of ether oxygens (including phenoxy) is 1. The van der Waals surface area contributed by atoms with Crippen molar-refractivity contribution in [2.45, 2.75) is 6.92 Å². The SMILES string of the molecule is COc1cccc(N2CCN(c3nc4ccc(C)cc4s3)CC2)c1. The third-order valence-electron chi connectivity index (χ3n) is 4.50. The van der Waals surface area contributed by atoms with E-state index in [0.29, 0.717) is 0 Å². The van der Waals surface area contributed by atoms with Crippen molar-refractivity contribution in [3.05, 3.63) is 48.0 Å². The summed E-state index contributed by atoms with van der Waals surface area (Å²) in [6, 6.07) is 14.8. The van der Waals surface area contributed by atoms with Gasteiger partial charge in [-0.25, -0.2) is 4.98 Å². The van der Waals surface area contributed by atoms with Crippen molar-refractivity contribution in [3.8, 4) is 5.75 Å². The van der Waals surface area contributed by atoms with Crippen molar-refractivity contribution in [2.75, 3.05) is 43.1 Å². The Hall–Kier alpha value is -2.27. The van der Waals surface area contributed by atoms with Crippen molar-refractivity contribution >= 4 is 32.4 Å². The van der Waals surface area contributed by atoms with Gasteiger partial charge in [0.2, 0.25) is 0 Å². The first-order valence-corrected chi connectivity index (χ1v) is 9.06. The van der Waals surface area contributed by atoms with Crippen LogP contribution in [0.2, 0.25) is 0 Å². The summed E-state index contributed by atoms with van der Waals surface area (Å²) in [6.45, 7) is 6.13. The molecule has 2 aromatic carbocycles. The summed E-state index contributed by atoms with van der Waals surface area (Å²) in [4.78, 5) is 9.62. The Balaban J connectivity index is 1.48. The number of hydrogen-bond donors (Lipinski definition) is 0. The maximum Gasteiger partial charge on any atom is 0.186 e. The minimum absolute atomic E-state index is 0.913. The second kappa shape index (κ2) is 6.32. The van der Waals surface area contributed by atoms with Crippen molar-refractivity contribution in [1.29, 1.82) is 0 Å². The molecule has 1 aromatic heterocycles. The van der Waals surface area contributed by atoms with Crippen molar-refractivity contribution in [1.82, 2.24) is 4.98 Å². The van der Waals surface area contributed by atoms with Gasteiger partial charge in [-0.3, -0.25) is 0 Å². The lowest BCUT2D eigenvalue weighted by atomic mass is 10.2. The molecule has 1 aliphatic heterocycles. The summed E-state index contributed by atoms with van der Waals surface area (Å²) in [5, 5.41) is 1.14. The topological polar surface area (TPSA) is 28.6 Å². The summed E-state index contributed by atoms with van der Waals surface area (Å²) in [6.07, 6.45) is 0. The molecule has 0 radical (unpaired) electrons. The quantitative estimate of drug-likeness (QED) is 0.723. The summed E-state index contributed by atoms with van der Waals surface area (Å²) >= 11 is 1.80. The second-order valence-electron chi connectivity index (χ2n) is 6.14. The van der Waals surface area contributed by atoms with Crippen LogP contribution >= 0.6 is 11.3 Å². The maximum atomic E-state index is 5.33. The molecule has 124 valence electrons. The largest absolute Gasteiger partial charge is 0.497 e. The molecule has 1 fully saturated rings. The molecule has 5 heteroatoms. The van der Waals surface area contributed by atoms with Crippen molar-refractivity contribution in [2.24, 2.45) is 0 Å². The predicted molar refractivity (Wildman–Crippen MR) is 102 cm³/mol. The molecule has 2 heterocycles. The Bertz CT molecular complexity index is 853. The van der Waals surface area contributed by atoms with E-state index < -0.39 is 0 Å². The van der Waals surface area contributed by atoms with Gasteiger partial charge in [-0.15, -0.1) is 0 Å². The highest BCUT2D eigenvalue weighted by molar-refractivity contribution is 7.22. The smallest absolute Gasteiger partial charge is 0.186 e. The van der Waals surface area contributed by atoms with E-state index in [-0.39, 0.29) is 0 Å². The highest BCUT2D eigenvalue weighted by atomic mass is 32.1. The van der Waals surface area contributed by atoms with E-state index in [2.05, 4.69) is 53.1 Å². The van der Waals surface area contributed by atoms with Crippen molar-refractivity contribution < 1.29 is 4.74 Å². The molecule has 0 unspecified atom stereocenters. The van der Waals surface area contributed by atoms with Crippen LogP contribution in [-0.2, 0) is 0 Å². The lowest BCUT2D eigenvalue weighted by Crippen LogP contribution is -2.46. The minimum atomic E-state index is 0.913. The molecule has 4 rings (SSSR count). The van der Waals surface area contributed by atoms with Gasteiger partial charge in [0, 0.05) is 37.9 Å². The number of benzene rings is 2. The Morgan fingerprint density at radius 2 is 1.79 bits per heavy atom. The number of anilines is 2. The third kappa shape index (κ3) is 2.91. The molecule has 0 atom stereocenters. The number of nitrogens with zero attached hydrogens (tertiary/aromatic N) is 3.